The average Bonchev–Trinajstić information content (AvgIpc) is 2.94. The van der Waals surface area contributed by atoms with Crippen LogP contribution in [0.25, 0.3) is 5.69 Å². The molecule has 0 aliphatic heterocycles. The molecule has 5 nitrogen and oxygen atoms in total. The third-order valence-electron chi connectivity index (χ3n) is 3.09. The number of nitrogens with zero attached hydrogens (tertiary/aromatic N) is 3. The van der Waals surface area contributed by atoms with E-state index in [0.29, 0.717) is 10.8 Å². The van der Waals surface area contributed by atoms with Gasteiger partial charge in [-0.1, -0.05) is 37.2 Å². The number of nitrogens with one attached hydrogen (secondary N) is 1. The van der Waals surface area contributed by atoms with Crippen LogP contribution in [0.4, 0.5) is 4.39 Å². The molecule has 1 atom stereocenters. The fourth-order valence-corrected chi connectivity index (χ4v) is 2.82. The van der Waals surface area contributed by atoms with Crippen molar-refractivity contribution in [2.45, 2.75) is 37.9 Å². The van der Waals surface area contributed by atoms with E-state index in [2.05, 4.69) is 22.4 Å². The van der Waals surface area contributed by atoms with Gasteiger partial charge in [0.05, 0.1) is 11.4 Å². The van der Waals surface area contributed by atoms with Gasteiger partial charge in [0.2, 0.25) is 5.91 Å². The van der Waals surface area contributed by atoms with Crippen molar-refractivity contribution in [3.05, 3.63) is 36.4 Å². The fourth-order valence-electron chi connectivity index (χ4n) is 2.09. The number of hydrogen-bond donors (Lipinski definition) is 1. The van der Waals surface area contributed by atoms with E-state index in [9.17, 15) is 9.18 Å². The predicted molar refractivity (Wildman–Crippen MR) is 84.6 cm³/mol. The first kappa shape index (κ1) is 16.5. The van der Waals surface area contributed by atoms with Gasteiger partial charge in [-0.15, -0.1) is 10.2 Å². The summed E-state index contributed by atoms with van der Waals surface area (Å²) in [5.74, 6) is -0.194. The number of para-hydroxylation sites is 1. The topological polar surface area (TPSA) is 59.8 Å². The van der Waals surface area contributed by atoms with Crippen LogP contribution < -0.4 is 5.32 Å². The van der Waals surface area contributed by atoms with Gasteiger partial charge in [0.25, 0.3) is 0 Å². The Balaban J connectivity index is 1.99. The van der Waals surface area contributed by atoms with Crippen molar-refractivity contribution in [1.29, 1.82) is 0 Å². The van der Waals surface area contributed by atoms with Crippen molar-refractivity contribution in [2.75, 3.05) is 5.75 Å². The van der Waals surface area contributed by atoms with Crippen molar-refractivity contribution >= 4 is 17.7 Å². The molecule has 1 aromatic carbocycles. The Labute approximate surface area is 133 Å². The van der Waals surface area contributed by atoms with E-state index in [1.807, 2.05) is 6.92 Å². The third-order valence-corrected chi connectivity index (χ3v) is 4.03. The highest BCUT2D eigenvalue weighted by Crippen LogP contribution is 2.21. The highest BCUT2D eigenvalue weighted by atomic mass is 32.2. The van der Waals surface area contributed by atoms with Gasteiger partial charge >= 0.3 is 0 Å². The number of benzene rings is 1. The van der Waals surface area contributed by atoms with E-state index >= 15 is 0 Å². The first-order chi connectivity index (χ1) is 10.6. The molecule has 7 heteroatoms. The molecule has 1 N–H and O–H groups in total. The van der Waals surface area contributed by atoms with Gasteiger partial charge in [-0.25, -0.2) is 4.39 Å². The normalized spacial score (nSPS) is 12.1. The Morgan fingerprint density at radius 3 is 2.95 bits per heavy atom. The molecule has 1 heterocycles. The van der Waals surface area contributed by atoms with Crippen LogP contribution in [0.1, 0.15) is 26.7 Å². The Morgan fingerprint density at radius 1 is 1.45 bits per heavy atom. The second-order valence-corrected chi connectivity index (χ2v) is 5.92. The molecule has 0 bridgehead atoms. The molecule has 0 fully saturated rings. The zero-order valence-electron chi connectivity index (χ0n) is 12.6. The molecule has 0 spiro atoms. The maximum atomic E-state index is 13.8. The molecule has 1 aromatic heterocycles. The van der Waals surface area contributed by atoms with E-state index in [-0.39, 0.29) is 23.5 Å². The van der Waals surface area contributed by atoms with E-state index in [1.54, 1.807) is 22.8 Å². The molecule has 0 radical (unpaired) electrons. The first-order valence-electron chi connectivity index (χ1n) is 7.19. The number of carbonyl (C=O) groups excluding carboxylic acids is 1. The quantitative estimate of drug-likeness (QED) is 0.796. The zero-order valence-corrected chi connectivity index (χ0v) is 13.4. The number of thioether (sulfide) groups is 1. The summed E-state index contributed by atoms with van der Waals surface area (Å²) in [4.78, 5) is 11.9. The summed E-state index contributed by atoms with van der Waals surface area (Å²) < 4.78 is 15.4. The van der Waals surface area contributed by atoms with Crippen molar-refractivity contribution in [1.82, 2.24) is 20.1 Å². The minimum Gasteiger partial charge on any atom is -0.353 e. The molecule has 1 amide bonds. The number of hydrogen-bond acceptors (Lipinski definition) is 4. The van der Waals surface area contributed by atoms with Crippen molar-refractivity contribution < 1.29 is 9.18 Å². The zero-order chi connectivity index (χ0) is 15.9. The summed E-state index contributed by atoms with van der Waals surface area (Å²) in [6, 6.07) is 6.54. The number of halogens is 1. The molecule has 1 unspecified atom stereocenters. The molecule has 0 saturated heterocycles. The van der Waals surface area contributed by atoms with E-state index in [4.69, 9.17) is 0 Å². The first-order valence-corrected chi connectivity index (χ1v) is 8.17. The second-order valence-electron chi connectivity index (χ2n) is 4.98. The lowest BCUT2D eigenvalue weighted by Gasteiger charge is -2.12. The Hall–Kier alpha value is -1.89. The van der Waals surface area contributed by atoms with Gasteiger partial charge in [0.1, 0.15) is 12.1 Å². The van der Waals surface area contributed by atoms with Gasteiger partial charge in [-0.3, -0.25) is 9.36 Å². The molecule has 118 valence electrons. The summed E-state index contributed by atoms with van der Waals surface area (Å²) in [6.45, 7) is 4.06. The largest absolute Gasteiger partial charge is 0.353 e. The van der Waals surface area contributed by atoms with Crippen LogP contribution in [0.2, 0.25) is 0 Å². The van der Waals surface area contributed by atoms with Crippen LogP contribution >= 0.6 is 11.8 Å². The van der Waals surface area contributed by atoms with Gasteiger partial charge in [-0.05, 0) is 25.5 Å². The van der Waals surface area contributed by atoms with Crippen molar-refractivity contribution in [3.63, 3.8) is 0 Å². The van der Waals surface area contributed by atoms with Crippen LogP contribution in [0.5, 0.6) is 0 Å². The summed E-state index contributed by atoms with van der Waals surface area (Å²) in [6.07, 6.45) is 3.41. The molecule has 0 saturated carbocycles. The van der Waals surface area contributed by atoms with Gasteiger partial charge < -0.3 is 5.32 Å². The monoisotopic (exact) mass is 322 g/mol. The van der Waals surface area contributed by atoms with E-state index < -0.39 is 0 Å². The van der Waals surface area contributed by atoms with Crippen LogP contribution in [0.15, 0.2) is 35.7 Å². The smallest absolute Gasteiger partial charge is 0.230 e. The summed E-state index contributed by atoms with van der Waals surface area (Å²) >= 11 is 1.24. The average molecular weight is 322 g/mol. The summed E-state index contributed by atoms with van der Waals surface area (Å²) in [5, 5.41) is 11.2. The lowest BCUT2D eigenvalue weighted by atomic mass is 10.2. The minimum atomic E-state index is -0.356. The third kappa shape index (κ3) is 4.30. The number of aromatic nitrogens is 3. The van der Waals surface area contributed by atoms with E-state index in [1.165, 1.54) is 24.2 Å². The minimum absolute atomic E-state index is 0.0611. The predicted octanol–water partition coefficient (Wildman–Crippen LogP) is 2.80. The number of rotatable bonds is 7. The Bertz CT molecular complexity index is 632. The maximum absolute atomic E-state index is 13.8. The molecule has 0 aliphatic carbocycles. The molecular formula is C15H19FN4OS. The molecular weight excluding hydrogens is 303 g/mol. The lowest BCUT2D eigenvalue weighted by Crippen LogP contribution is -2.33. The van der Waals surface area contributed by atoms with Crippen LogP contribution in [0.3, 0.4) is 0 Å². The highest BCUT2D eigenvalue weighted by molar-refractivity contribution is 7.99. The Morgan fingerprint density at radius 2 is 2.23 bits per heavy atom. The van der Waals surface area contributed by atoms with Gasteiger partial charge in [0, 0.05) is 6.04 Å². The number of carbonyl (C=O) groups is 1. The molecule has 2 aromatic rings. The number of amides is 1. The lowest BCUT2D eigenvalue weighted by molar-refractivity contribution is -0.119. The molecule has 0 aliphatic rings. The standard InChI is InChI=1S/C15H19FN4OS/c1-3-6-11(2)18-14(21)9-22-15-19-17-10-20(15)13-8-5-4-7-12(13)16/h4-5,7-8,10-11H,3,6,9H2,1-2H3,(H,18,21). The molecule has 2 rings (SSSR count). The van der Waals surface area contributed by atoms with Crippen LogP contribution in [-0.2, 0) is 4.79 Å². The summed E-state index contributed by atoms with van der Waals surface area (Å²) in [5.41, 5.74) is 0.370. The van der Waals surface area contributed by atoms with Gasteiger partial charge in [-0.2, -0.15) is 0 Å². The molecule has 22 heavy (non-hydrogen) atoms. The highest BCUT2D eigenvalue weighted by Gasteiger charge is 2.13. The van der Waals surface area contributed by atoms with Crippen molar-refractivity contribution in [3.8, 4) is 5.69 Å². The Kier molecular flexibility index (Phi) is 5.94. The van der Waals surface area contributed by atoms with Crippen LogP contribution in [0, 0.1) is 5.82 Å². The van der Waals surface area contributed by atoms with E-state index in [0.717, 1.165) is 12.8 Å². The van der Waals surface area contributed by atoms with Crippen LogP contribution in [-0.4, -0.2) is 32.5 Å². The fraction of sp³-hybridized carbons (Fsp3) is 0.400. The van der Waals surface area contributed by atoms with Gasteiger partial charge in [0.15, 0.2) is 5.16 Å². The maximum Gasteiger partial charge on any atom is 0.230 e. The SMILES string of the molecule is CCCC(C)NC(=O)CSc1nncn1-c1ccccc1F. The summed E-state index contributed by atoms with van der Waals surface area (Å²) in [7, 11) is 0. The second kappa shape index (κ2) is 7.93. The van der Waals surface area contributed by atoms with Crippen molar-refractivity contribution in [2.24, 2.45) is 0 Å².